The van der Waals surface area contributed by atoms with Gasteiger partial charge in [0.1, 0.15) is 0 Å². The Labute approximate surface area is 75.7 Å². The third-order valence-electron chi connectivity index (χ3n) is 1.59. The Hall–Kier alpha value is -0.450. The highest BCUT2D eigenvalue weighted by Gasteiger charge is 2.06. The molecule has 0 aromatic carbocycles. The minimum atomic E-state index is -0.358. The van der Waals surface area contributed by atoms with Gasteiger partial charge in [-0.1, -0.05) is 0 Å². The summed E-state index contributed by atoms with van der Waals surface area (Å²) in [7, 11) is 0. The monoisotopic (exact) mass is 187 g/mol. The van der Waals surface area contributed by atoms with E-state index in [1.54, 1.807) is 17.5 Å². The van der Waals surface area contributed by atoms with Gasteiger partial charge in [-0.15, -0.1) is 11.3 Å². The Balaban J connectivity index is 2.22. The van der Waals surface area contributed by atoms with E-state index in [2.05, 4.69) is 4.98 Å². The van der Waals surface area contributed by atoms with Crippen LogP contribution in [0.4, 0.5) is 0 Å². The van der Waals surface area contributed by atoms with Gasteiger partial charge in [-0.2, -0.15) is 0 Å². The van der Waals surface area contributed by atoms with Crippen LogP contribution in [0, 0.1) is 0 Å². The molecule has 0 radical (unpaired) electrons. The maximum atomic E-state index is 9.41. The predicted molar refractivity (Wildman–Crippen MR) is 48.1 cm³/mol. The molecule has 1 atom stereocenters. The van der Waals surface area contributed by atoms with Crippen LogP contribution in [0.3, 0.4) is 0 Å². The molecule has 0 spiro atoms. The Kier molecular flexibility index (Phi) is 4.21. The van der Waals surface area contributed by atoms with Crippen molar-refractivity contribution in [2.24, 2.45) is 0 Å². The Morgan fingerprint density at radius 1 is 1.58 bits per heavy atom. The first-order valence-electron chi connectivity index (χ1n) is 4.00. The van der Waals surface area contributed by atoms with Gasteiger partial charge in [0, 0.05) is 24.6 Å². The van der Waals surface area contributed by atoms with E-state index in [1.165, 1.54) is 0 Å². The van der Waals surface area contributed by atoms with Gasteiger partial charge in [-0.25, -0.2) is 4.98 Å². The van der Waals surface area contributed by atoms with E-state index in [0.29, 0.717) is 19.3 Å². The third kappa shape index (κ3) is 3.30. The van der Waals surface area contributed by atoms with Crippen LogP contribution in [0.1, 0.15) is 17.8 Å². The number of hydrogen-bond acceptors (Lipinski definition) is 4. The smallest absolute Gasteiger partial charge is 0.0950 e. The third-order valence-corrected chi connectivity index (χ3v) is 2.39. The number of thiazole rings is 1. The fourth-order valence-corrected chi connectivity index (χ4v) is 1.67. The number of nitrogens with zero attached hydrogens (tertiary/aromatic N) is 1. The van der Waals surface area contributed by atoms with Gasteiger partial charge in [-0.3, -0.25) is 0 Å². The molecular formula is C8H13NO2S. The Morgan fingerprint density at radius 2 is 2.42 bits per heavy atom. The highest BCUT2D eigenvalue weighted by Crippen LogP contribution is 2.09. The molecule has 4 heteroatoms. The van der Waals surface area contributed by atoms with Crippen molar-refractivity contribution in [1.29, 1.82) is 0 Å². The number of hydrogen-bond donors (Lipinski definition) is 2. The van der Waals surface area contributed by atoms with Crippen molar-refractivity contribution >= 4 is 11.3 Å². The molecule has 12 heavy (non-hydrogen) atoms. The van der Waals surface area contributed by atoms with Gasteiger partial charge in [0.25, 0.3) is 0 Å². The zero-order valence-corrected chi connectivity index (χ0v) is 7.63. The van der Waals surface area contributed by atoms with Gasteiger partial charge in [-0.05, 0) is 12.8 Å². The van der Waals surface area contributed by atoms with E-state index in [1.807, 2.05) is 5.38 Å². The molecule has 0 aliphatic heterocycles. The molecule has 1 heterocycles. The second-order valence-electron chi connectivity index (χ2n) is 2.65. The average Bonchev–Trinajstić information content (AvgIpc) is 2.53. The molecule has 0 aliphatic carbocycles. The van der Waals surface area contributed by atoms with E-state index in [-0.39, 0.29) is 12.7 Å². The largest absolute Gasteiger partial charge is 0.396 e. The molecule has 1 aromatic rings. The predicted octanol–water partition coefficient (Wildman–Crippen LogP) is 0.819. The molecule has 0 saturated carbocycles. The SMILES string of the molecule is OCCCC(O)Cc1nccs1. The summed E-state index contributed by atoms with van der Waals surface area (Å²) in [4.78, 5) is 4.06. The first-order chi connectivity index (χ1) is 5.83. The van der Waals surface area contributed by atoms with Gasteiger partial charge in [0.15, 0.2) is 0 Å². The van der Waals surface area contributed by atoms with E-state index < -0.39 is 0 Å². The summed E-state index contributed by atoms with van der Waals surface area (Å²) >= 11 is 1.55. The quantitative estimate of drug-likeness (QED) is 0.717. The number of aromatic nitrogens is 1. The van der Waals surface area contributed by atoms with Gasteiger partial charge in [0.2, 0.25) is 0 Å². The van der Waals surface area contributed by atoms with Crippen LogP contribution in [0.15, 0.2) is 11.6 Å². The van der Waals surface area contributed by atoms with Crippen LogP contribution >= 0.6 is 11.3 Å². The van der Waals surface area contributed by atoms with E-state index >= 15 is 0 Å². The molecule has 3 nitrogen and oxygen atoms in total. The average molecular weight is 187 g/mol. The molecule has 1 rings (SSSR count). The normalized spacial score (nSPS) is 13.2. The summed E-state index contributed by atoms with van der Waals surface area (Å²) in [5.74, 6) is 0. The van der Waals surface area contributed by atoms with Crippen LogP contribution in [0.5, 0.6) is 0 Å². The lowest BCUT2D eigenvalue weighted by atomic mass is 10.1. The molecule has 1 aromatic heterocycles. The number of rotatable bonds is 5. The molecule has 68 valence electrons. The highest BCUT2D eigenvalue weighted by atomic mass is 32.1. The summed E-state index contributed by atoms with van der Waals surface area (Å²) in [6, 6.07) is 0. The molecule has 2 N–H and O–H groups in total. The highest BCUT2D eigenvalue weighted by molar-refractivity contribution is 7.09. The van der Waals surface area contributed by atoms with Crippen LogP contribution in [0.2, 0.25) is 0 Å². The maximum Gasteiger partial charge on any atom is 0.0950 e. The zero-order valence-electron chi connectivity index (χ0n) is 6.81. The number of aliphatic hydroxyl groups excluding tert-OH is 2. The molecule has 1 unspecified atom stereocenters. The van der Waals surface area contributed by atoms with Crippen molar-refractivity contribution in [3.8, 4) is 0 Å². The molecule has 0 saturated heterocycles. The lowest BCUT2D eigenvalue weighted by Gasteiger charge is -2.06. The summed E-state index contributed by atoms with van der Waals surface area (Å²) in [5.41, 5.74) is 0. The summed E-state index contributed by atoms with van der Waals surface area (Å²) in [6.45, 7) is 0.148. The first kappa shape index (κ1) is 9.64. The van der Waals surface area contributed by atoms with Gasteiger partial charge < -0.3 is 10.2 Å². The van der Waals surface area contributed by atoms with Crippen molar-refractivity contribution in [3.63, 3.8) is 0 Å². The molecule has 0 aliphatic rings. The Bertz CT molecular complexity index is 201. The molecule has 0 amide bonds. The fourth-order valence-electron chi connectivity index (χ4n) is 0.984. The van der Waals surface area contributed by atoms with Gasteiger partial charge in [0.05, 0.1) is 11.1 Å². The van der Waals surface area contributed by atoms with E-state index in [0.717, 1.165) is 5.01 Å². The summed E-state index contributed by atoms with van der Waals surface area (Å²) in [5, 5.41) is 20.8. The minimum Gasteiger partial charge on any atom is -0.396 e. The van der Waals surface area contributed by atoms with Crippen molar-refractivity contribution in [3.05, 3.63) is 16.6 Å². The van der Waals surface area contributed by atoms with E-state index in [4.69, 9.17) is 5.11 Å². The Morgan fingerprint density at radius 3 is 3.00 bits per heavy atom. The van der Waals surface area contributed by atoms with Crippen LogP contribution in [-0.4, -0.2) is 27.9 Å². The zero-order chi connectivity index (χ0) is 8.81. The van der Waals surface area contributed by atoms with Crippen molar-refractivity contribution in [2.45, 2.75) is 25.4 Å². The van der Waals surface area contributed by atoms with E-state index in [9.17, 15) is 5.11 Å². The van der Waals surface area contributed by atoms with Crippen LogP contribution < -0.4 is 0 Å². The van der Waals surface area contributed by atoms with Gasteiger partial charge >= 0.3 is 0 Å². The standard InChI is InChI=1S/C8H13NO2S/c10-4-1-2-7(11)6-8-9-3-5-12-8/h3,5,7,10-11H,1-2,4,6H2. The topological polar surface area (TPSA) is 53.4 Å². The molecule has 0 fully saturated rings. The second kappa shape index (κ2) is 5.24. The fraction of sp³-hybridized carbons (Fsp3) is 0.625. The summed E-state index contributed by atoms with van der Waals surface area (Å²) < 4.78 is 0. The molecular weight excluding hydrogens is 174 g/mol. The maximum absolute atomic E-state index is 9.41. The van der Waals surface area contributed by atoms with Crippen LogP contribution in [0.25, 0.3) is 0 Å². The summed E-state index contributed by atoms with van der Waals surface area (Å²) in [6.07, 6.45) is 3.29. The van der Waals surface area contributed by atoms with Crippen molar-refractivity contribution in [1.82, 2.24) is 4.98 Å². The second-order valence-corrected chi connectivity index (χ2v) is 3.63. The first-order valence-corrected chi connectivity index (χ1v) is 4.88. The number of aliphatic hydroxyl groups is 2. The lowest BCUT2D eigenvalue weighted by molar-refractivity contribution is 0.150. The van der Waals surface area contributed by atoms with Crippen LogP contribution in [-0.2, 0) is 6.42 Å². The van der Waals surface area contributed by atoms with Crippen molar-refractivity contribution < 1.29 is 10.2 Å². The van der Waals surface area contributed by atoms with Crippen molar-refractivity contribution in [2.75, 3.05) is 6.61 Å². The molecule has 0 bridgehead atoms. The lowest BCUT2D eigenvalue weighted by Crippen LogP contribution is -2.10. The minimum absolute atomic E-state index is 0.148.